The highest BCUT2D eigenvalue weighted by atomic mass is 16.5. The van der Waals surface area contributed by atoms with Gasteiger partial charge in [0.25, 0.3) is 0 Å². The largest absolute Gasteiger partial charge is 0.508 e. The first-order valence-corrected chi connectivity index (χ1v) is 6.28. The van der Waals surface area contributed by atoms with Crippen LogP contribution < -0.4 is 4.90 Å². The summed E-state index contributed by atoms with van der Waals surface area (Å²) in [5, 5.41) is 9.51. The van der Waals surface area contributed by atoms with Crippen molar-refractivity contribution in [2.24, 2.45) is 0 Å². The van der Waals surface area contributed by atoms with Crippen LogP contribution in [0.4, 0.5) is 5.69 Å². The fourth-order valence-corrected chi connectivity index (χ4v) is 2.04. The van der Waals surface area contributed by atoms with Gasteiger partial charge < -0.3 is 14.7 Å². The van der Waals surface area contributed by atoms with Crippen molar-refractivity contribution in [2.45, 2.75) is 6.54 Å². The third-order valence-corrected chi connectivity index (χ3v) is 3.10. The Morgan fingerprint density at radius 2 is 1.95 bits per heavy atom. The minimum absolute atomic E-state index is 0.218. The Balaban J connectivity index is 2.24. The lowest BCUT2D eigenvalue weighted by Gasteiger charge is -2.20. The van der Waals surface area contributed by atoms with Gasteiger partial charge in [0.1, 0.15) is 5.75 Å². The van der Waals surface area contributed by atoms with Crippen LogP contribution in [-0.2, 0) is 11.3 Å². The minimum Gasteiger partial charge on any atom is -0.508 e. The summed E-state index contributed by atoms with van der Waals surface area (Å²) >= 11 is 0. The Morgan fingerprint density at radius 1 is 1.20 bits per heavy atom. The molecule has 2 aromatic carbocycles. The molecule has 4 nitrogen and oxygen atoms in total. The number of hydrogen-bond donors (Lipinski definition) is 1. The number of aromatic hydroxyl groups is 1. The Kier molecular flexibility index (Phi) is 4.25. The van der Waals surface area contributed by atoms with E-state index < -0.39 is 0 Å². The molecule has 0 fully saturated rings. The van der Waals surface area contributed by atoms with E-state index >= 15 is 0 Å². The highest BCUT2D eigenvalue weighted by Gasteiger charge is 2.12. The van der Waals surface area contributed by atoms with Gasteiger partial charge in [0.15, 0.2) is 0 Å². The summed E-state index contributed by atoms with van der Waals surface area (Å²) in [6, 6.07) is 14.3. The highest BCUT2D eigenvalue weighted by molar-refractivity contribution is 5.91. The van der Waals surface area contributed by atoms with E-state index in [2.05, 4.69) is 0 Å². The van der Waals surface area contributed by atoms with Gasteiger partial charge in [0.2, 0.25) is 0 Å². The second kappa shape index (κ2) is 6.10. The van der Waals surface area contributed by atoms with Crippen molar-refractivity contribution in [1.82, 2.24) is 0 Å². The molecule has 0 radical (unpaired) electrons. The van der Waals surface area contributed by atoms with Crippen LogP contribution in [0.3, 0.4) is 0 Å². The molecule has 0 aliphatic rings. The van der Waals surface area contributed by atoms with Crippen LogP contribution in [0.25, 0.3) is 0 Å². The molecule has 0 atom stereocenters. The second-order valence-electron chi connectivity index (χ2n) is 4.52. The van der Waals surface area contributed by atoms with Crippen molar-refractivity contribution in [3.63, 3.8) is 0 Å². The van der Waals surface area contributed by atoms with Gasteiger partial charge >= 0.3 is 5.97 Å². The Morgan fingerprint density at radius 3 is 2.65 bits per heavy atom. The summed E-state index contributed by atoms with van der Waals surface area (Å²) in [6.45, 7) is 0.550. The quantitative estimate of drug-likeness (QED) is 0.869. The predicted molar refractivity (Wildman–Crippen MR) is 78.0 cm³/mol. The SMILES string of the molecule is COC(=O)c1ccccc1CN(C)c1cccc(O)c1. The van der Waals surface area contributed by atoms with Gasteiger partial charge in [-0.2, -0.15) is 0 Å². The molecular weight excluding hydrogens is 254 g/mol. The summed E-state index contributed by atoms with van der Waals surface area (Å²) in [7, 11) is 3.28. The molecule has 20 heavy (non-hydrogen) atoms. The van der Waals surface area contributed by atoms with Crippen LogP contribution in [0.2, 0.25) is 0 Å². The molecule has 0 unspecified atom stereocenters. The number of phenolic OH excluding ortho intramolecular Hbond substituents is 1. The number of benzene rings is 2. The van der Waals surface area contributed by atoms with Crippen molar-refractivity contribution >= 4 is 11.7 Å². The standard InChI is InChI=1S/C16H17NO3/c1-17(13-7-5-8-14(18)10-13)11-12-6-3-4-9-15(12)16(19)20-2/h3-10,18H,11H2,1-2H3. The van der Waals surface area contributed by atoms with Gasteiger partial charge in [0.05, 0.1) is 12.7 Å². The predicted octanol–water partition coefficient (Wildman–Crippen LogP) is 2.82. The van der Waals surface area contributed by atoms with Gasteiger partial charge in [-0.1, -0.05) is 24.3 Å². The number of esters is 1. The molecule has 0 bridgehead atoms. The van der Waals surface area contributed by atoms with Crippen molar-refractivity contribution in [3.05, 3.63) is 59.7 Å². The fourth-order valence-electron chi connectivity index (χ4n) is 2.04. The molecule has 0 amide bonds. The third-order valence-electron chi connectivity index (χ3n) is 3.10. The first-order chi connectivity index (χ1) is 9.61. The maximum absolute atomic E-state index is 11.7. The maximum atomic E-state index is 11.7. The first kappa shape index (κ1) is 13.9. The van der Waals surface area contributed by atoms with Gasteiger partial charge in [-0.25, -0.2) is 4.79 Å². The molecule has 0 aromatic heterocycles. The second-order valence-corrected chi connectivity index (χ2v) is 4.52. The number of carbonyl (C=O) groups excluding carboxylic acids is 1. The van der Waals surface area contributed by atoms with Crippen molar-refractivity contribution in [3.8, 4) is 5.75 Å². The summed E-state index contributed by atoms with van der Waals surface area (Å²) in [5.74, 6) is -0.125. The minimum atomic E-state index is -0.343. The van der Waals surface area contributed by atoms with E-state index in [1.165, 1.54) is 7.11 Å². The molecule has 1 N–H and O–H groups in total. The van der Waals surface area contributed by atoms with E-state index in [0.29, 0.717) is 12.1 Å². The van der Waals surface area contributed by atoms with Crippen LogP contribution >= 0.6 is 0 Å². The van der Waals surface area contributed by atoms with Crippen molar-refractivity contribution in [1.29, 1.82) is 0 Å². The van der Waals surface area contributed by atoms with E-state index in [1.54, 1.807) is 24.3 Å². The molecule has 0 saturated carbocycles. The molecular formula is C16H17NO3. The number of hydrogen-bond acceptors (Lipinski definition) is 4. The monoisotopic (exact) mass is 271 g/mol. The Hall–Kier alpha value is -2.49. The number of rotatable bonds is 4. The summed E-state index contributed by atoms with van der Waals surface area (Å²) in [6.07, 6.45) is 0. The van der Waals surface area contributed by atoms with Crippen LogP contribution in [0.5, 0.6) is 5.75 Å². The smallest absolute Gasteiger partial charge is 0.338 e. The van der Waals surface area contributed by atoms with Crippen molar-refractivity contribution in [2.75, 3.05) is 19.1 Å². The van der Waals surface area contributed by atoms with Gasteiger partial charge in [-0.05, 0) is 23.8 Å². The van der Waals surface area contributed by atoms with Gasteiger partial charge in [0, 0.05) is 25.3 Å². The number of methoxy groups -OCH3 is 1. The lowest BCUT2D eigenvalue weighted by molar-refractivity contribution is 0.0599. The van der Waals surface area contributed by atoms with E-state index in [1.807, 2.05) is 36.2 Å². The number of anilines is 1. The molecule has 0 heterocycles. The molecule has 2 rings (SSSR count). The van der Waals surface area contributed by atoms with Crippen LogP contribution in [0.15, 0.2) is 48.5 Å². The number of carbonyl (C=O) groups is 1. The number of nitrogens with zero attached hydrogens (tertiary/aromatic N) is 1. The van der Waals surface area contributed by atoms with E-state index in [0.717, 1.165) is 11.3 Å². The summed E-state index contributed by atoms with van der Waals surface area (Å²) in [5.41, 5.74) is 2.32. The molecule has 0 spiro atoms. The fraction of sp³-hybridized carbons (Fsp3) is 0.188. The van der Waals surface area contributed by atoms with Gasteiger partial charge in [-0.15, -0.1) is 0 Å². The highest BCUT2D eigenvalue weighted by Crippen LogP contribution is 2.21. The van der Waals surface area contributed by atoms with Crippen LogP contribution in [0.1, 0.15) is 15.9 Å². The number of ether oxygens (including phenoxy) is 1. The van der Waals surface area contributed by atoms with Crippen molar-refractivity contribution < 1.29 is 14.6 Å². The average Bonchev–Trinajstić information content (AvgIpc) is 2.47. The summed E-state index contributed by atoms with van der Waals surface area (Å²) < 4.78 is 4.79. The van der Waals surface area contributed by atoms with E-state index in [-0.39, 0.29) is 11.7 Å². The lowest BCUT2D eigenvalue weighted by Crippen LogP contribution is -2.18. The van der Waals surface area contributed by atoms with E-state index in [9.17, 15) is 9.90 Å². The lowest BCUT2D eigenvalue weighted by atomic mass is 10.1. The Bertz CT molecular complexity index is 610. The Labute approximate surface area is 118 Å². The zero-order valence-electron chi connectivity index (χ0n) is 11.5. The molecule has 104 valence electrons. The van der Waals surface area contributed by atoms with Crippen LogP contribution in [0, 0.1) is 0 Å². The first-order valence-electron chi connectivity index (χ1n) is 6.28. The normalized spacial score (nSPS) is 10.1. The molecule has 0 aliphatic carbocycles. The zero-order chi connectivity index (χ0) is 14.5. The average molecular weight is 271 g/mol. The molecule has 2 aromatic rings. The number of phenols is 1. The molecule has 0 aliphatic heterocycles. The molecule has 0 saturated heterocycles. The zero-order valence-corrected chi connectivity index (χ0v) is 11.5. The maximum Gasteiger partial charge on any atom is 0.338 e. The third kappa shape index (κ3) is 3.09. The van der Waals surface area contributed by atoms with E-state index in [4.69, 9.17) is 4.74 Å². The topological polar surface area (TPSA) is 49.8 Å². The van der Waals surface area contributed by atoms with Gasteiger partial charge in [-0.3, -0.25) is 0 Å². The van der Waals surface area contributed by atoms with Crippen LogP contribution in [-0.4, -0.2) is 25.2 Å². The molecule has 4 heteroatoms. The summed E-state index contributed by atoms with van der Waals surface area (Å²) in [4.78, 5) is 13.7.